The van der Waals surface area contributed by atoms with Gasteiger partial charge in [0.05, 0.1) is 43.2 Å². The molecule has 3 fully saturated rings. The summed E-state index contributed by atoms with van der Waals surface area (Å²) in [6.07, 6.45) is 7.16. The molecule has 4 rings (SSSR count). The molecule has 0 spiro atoms. The third-order valence-electron chi connectivity index (χ3n) is 12.7. The molecular formula is C48H76N6O11. The number of rotatable bonds is 24. The van der Waals surface area contributed by atoms with E-state index in [9.17, 15) is 43.5 Å². The molecule has 2 heterocycles. The van der Waals surface area contributed by atoms with Gasteiger partial charge in [0.15, 0.2) is 0 Å². The molecule has 364 valence electrons. The Balaban J connectivity index is 0.00000363. The Hall–Kier alpha value is -4.90. The van der Waals surface area contributed by atoms with E-state index in [-0.39, 0.29) is 74.1 Å². The third kappa shape index (κ3) is 16.2. The number of amides is 7. The van der Waals surface area contributed by atoms with Crippen molar-refractivity contribution in [3.05, 3.63) is 35.9 Å². The first kappa shape index (κ1) is 54.4. The van der Waals surface area contributed by atoms with Crippen LogP contribution in [0.3, 0.4) is 0 Å². The highest BCUT2D eigenvalue weighted by Gasteiger charge is 2.43. The lowest BCUT2D eigenvalue weighted by Gasteiger charge is -2.39. The molecule has 1 aromatic carbocycles. The molecule has 0 bridgehead atoms. The molecule has 1 aliphatic carbocycles. The summed E-state index contributed by atoms with van der Waals surface area (Å²) in [6, 6.07) is 6.95. The van der Waals surface area contributed by atoms with Gasteiger partial charge in [-0.05, 0) is 63.9 Å². The Labute approximate surface area is 385 Å². The monoisotopic (exact) mass is 913 g/mol. The van der Waals surface area contributed by atoms with E-state index in [1.54, 1.807) is 61.9 Å². The summed E-state index contributed by atoms with van der Waals surface area (Å²) in [5.41, 5.74) is -0.551. The molecule has 6 atom stereocenters. The average molecular weight is 913 g/mol. The van der Waals surface area contributed by atoms with Gasteiger partial charge in [-0.15, -0.1) is 0 Å². The summed E-state index contributed by atoms with van der Waals surface area (Å²) < 4.78 is 11.9. The van der Waals surface area contributed by atoms with Crippen molar-refractivity contribution in [1.29, 1.82) is 0 Å². The number of hydrogen-bond acceptors (Lipinski definition) is 10. The Morgan fingerprint density at radius 3 is 2.12 bits per heavy atom. The molecule has 1 saturated carbocycles. The van der Waals surface area contributed by atoms with Crippen molar-refractivity contribution >= 4 is 47.3 Å². The largest absolute Gasteiger partial charge is 0.480 e. The molecule has 0 aromatic heterocycles. The van der Waals surface area contributed by atoms with Crippen molar-refractivity contribution in [1.82, 2.24) is 30.7 Å². The maximum atomic E-state index is 14.2. The van der Waals surface area contributed by atoms with Crippen LogP contribution in [0.1, 0.15) is 130 Å². The zero-order chi connectivity index (χ0) is 48.3. The second-order valence-corrected chi connectivity index (χ2v) is 18.2. The quantitative estimate of drug-likeness (QED) is 0.0858. The van der Waals surface area contributed by atoms with Crippen LogP contribution in [0.2, 0.25) is 0 Å². The Morgan fingerprint density at radius 1 is 0.908 bits per heavy atom. The Kier molecular flexibility index (Phi) is 22.5. The van der Waals surface area contributed by atoms with E-state index in [0.717, 1.165) is 31.2 Å². The number of unbranched alkanes of at least 4 members (excludes halogenated alkanes) is 2. The first-order valence-electron chi connectivity index (χ1n) is 23.5. The van der Waals surface area contributed by atoms with Crippen molar-refractivity contribution in [2.45, 2.75) is 167 Å². The van der Waals surface area contributed by atoms with Crippen LogP contribution in [0.4, 0.5) is 0 Å². The van der Waals surface area contributed by atoms with Crippen molar-refractivity contribution in [3.63, 3.8) is 0 Å². The molecule has 65 heavy (non-hydrogen) atoms. The van der Waals surface area contributed by atoms with Crippen LogP contribution >= 0.6 is 0 Å². The van der Waals surface area contributed by atoms with E-state index in [0.29, 0.717) is 45.2 Å². The zero-order valence-electron chi connectivity index (χ0n) is 40.0. The predicted octanol–water partition coefficient (Wildman–Crippen LogP) is 4.00. The SMILES string of the molecule is CCC.COC(CC(=O)N1CCCC1C(OC)C(C)C(=O)NC(Cc1ccccc1)C(=O)O)C(C1CCCC1)N(C)C(=O)CNC(=O)C(C)(C)NC(=O)CCCCCN1C(=O)CCC1=O. The van der Waals surface area contributed by atoms with Crippen LogP contribution in [0, 0.1) is 11.8 Å². The van der Waals surface area contributed by atoms with Gasteiger partial charge in [-0.25, -0.2) is 4.79 Å². The maximum Gasteiger partial charge on any atom is 0.326 e. The van der Waals surface area contributed by atoms with Crippen LogP contribution in [0.5, 0.6) is 0 Å². The minimum absolute atomic E-state index is 0.0408. The molecule has 1 aromatic rings. The van der Waals surface area contributed by atoms with Crippen molar-refractivity contribution in [2.75, 3.05) is 40.9 Å². The summed E-state index contributed by atoms with van der Waals surface area (Å²) in [5.74, 6) is -4.19. The normalized spacial score (nSPS) is 18.8. The fraction of sp³-hybridized carbons (Fsp3) is 0.708. The number of carboxylic acid groups (broad SMARTS) is 1. The summed E-state index contributed by atoms with van der Waals surface area (Å²) in [7, 11) is 4.64. The van der Waals surface area contributed by atoms with Crippen LogP contribution in [-0.4, -0.2) is 144 Å². The van der Waals surface area contributed by atoms with Gasteiger partial charge in [-0.2, -0.15) is 0 Å². The number of nitrogens with zero attached hydrogens (tertiary/aromatic N) is 3. The Morgan fingerprint density at radius 2 is 1.54 bits per heavy atom. The number of nitrogens with one attached hydrogen (secondary N) is 3. The molecule has 3 aliphatic rings. The van der Waals surface area contributed by atoms with Gasteiger partial charge >= 0.3 is 5.97 Å². The number of imide groups is 1. The summed E-state index contributed by atoms with van der Waals surface area (Å²) >= 11 is 0. The molecule has 0 radical (unpaired) electrons. The molecule has 2 saturated heterocycles. The van der Waals surface area contributed by atoms with Gasteiger partial charge < -0.3 is 40.3 Å². The second-order valence-electron chi connectivity index (χ2n) is 18.2. The minimum atomic E-state index is -1.32. The van der Waals surface area contributed by atoms with Gasteiger partial charge in [0.25, 0.3) is 0 Å². The van der Waals surface area contributed by atoms with Crippen LogP contribution in [0.15, 0.2) is 30.3 Å². The fourth-order valence-corrected chi connectivity index (χ4v) is 9.18. The number of likely N-dealkylation sites (tertiary alicyclic amines) is 2. The van der Waals surface area contributed by atoms with Gasteiger partial charge in [0.2, 0.25) is 41.4 Å². The minimum Gasteiger partial charge on any atom is -0.480 e. The number of carbonyl (C=O) groups is 8. The van der Waals surface area contributed by atoms with Crippen molar-refractivity contribution in [3.8, 4) is 0 Å². The topological polar surface area (TPSA) is 221 Å². The van der Waals surface area contributed by atoms with Gasteiger partial charge in [0, 0.05) is 60.0 Å². The van der Waals surface area contributed by atoms with Crippen LogP contribution < -0.4 is 16.0 Å². The van der Waals surface area contributed by atoms with E-state index < -0.39 is 59.6 Å². The van der Waals surface area contributed by atoms with Crippen LogP contribution in [0.25, 0.3) is 0 Å². The highest BCUT2D eigenvalue weighted by atomic mass is 16.5. The molecule has 7 amide bonds. The lowest BCUT2D eigenvalue weighted by Crippen LogP contribution is -2.57. The van der Waals surface area contributed by atoms with E-state index in [1.165, 1.54) is 25.5 Å². The van der Waals surface area contributed by atoms with Crippen molar-refractivity contribution < 1.29 is 52.9 Å². The number of likely N-dealkylation sites (N-methyl/N-ethyl adjacent to an activating group) is 1. The number of carbonyl (C=O) groups excluding carboxylic acids is 7. The third-order valence-corrected chi connectivity index (χ3v) is 12.7. The molecule has 4 N–H and O–H groups in total. The number of hydrogen-bond donors (Lipinski definition) is 4. The van der Waals surface area contributed by atoms with E-state index in [1.807, 2.05) is 6.07 Å². The standard InChI is InChI=1S/C45H68N6O11.C3H8/c1-29(42(57)47-32(43(58)59)26-30-16-9-7-10-17-30)41(62-6)33-20-15-25-50(33)38(55)27-34(61-5)40(31-18-12-13-19-31)49(4)39(56)28-46-44(60)45(2,3)48-35(52)21-11-8-14-24-51-36(53)22-23-37(51)54;1-3-2/h7,9-10,16-17,29,31-34,40-41H,8,11-15,18-28H2,1-6H3,(H,46,60)(H,47,57)(H,48,52)(H,58,59);3H2,1-2H3. The molecule has 17 nitrogen and oxygen atoms in total. The first-order chi connectivity index (χ1) is 30.9. The summed E-state index contributed by atoms with van der Waals surface area (Å²) in [6.45, 7) is 9.46. The van der Waals surface area contributed by atoms with Gasteiger partial charge in [0.1, 0.15) is 11.6 Å². The van der Waals surface area contributed by atoms with Crippen molar-refractivity contribution in [2.24, 2.45) is 11.8 Å². The lowest BCUT2D eigenvalue weighted by atomic mass is 9.89. The number of benzene rings is 1. The number of carboxylic acids is 1. The Bertz CT molecular complexity index is 1740. The van der Waals surface area contributed by atoms with E-state index in [2.05, 4.69) is 29.8 Å². The number of methoxy groups -OCH3 is 2. The highest BCUT2D eigenvalue weighted by molar-refractivity contribution is 6.01. The summed E-state index contributed by atoms with van der Waals surface area (Å²) in [4.78, 5) is 108. The molecule has 6 unspecified atom stereocenters. The fourth-order valence-electron chi connectivity index (χ4n) is 9.18. The number of ether oxygens (including phenoxy) is 2. The number of aliphatic carboxylic acids is 1. The van der Waals surface area contributed by atoms with E-state index in [4.69, 9.17) is 9.47 Å². The zero-order valence-corrected chi connectivity index (χ0v) is 40.0. The van der Waals surface area contributed by atoms with E-state index >= 15 is 0 Å². The van der Waals surface area contributed by atoms with Crippen LogP contribution in [-0.2, 0) is 54.3 Å². The predicted molar refractivity (Wildman–Crippen MR) is 244 cm³/mol. The summed E-state index contributed by atoms with van der Waals surface area (Å²) in [5, 5.41) is 18.0. The van der Waals surface area contributed by atoms with Gasteiger partial charge in [-0.1, -0.05) is 76.8 Å². The molecular weight excluding hydrogens is 837 g/mol. The molecule has 2 aliphatic heterocycles. The maximum absolute atomic E-state index is 14.2. The average Bonchev–Trinajstić information content (AvgIpc) is 4.05. The van der Waals surface area contributed by atoms with Gasteiger partial charge in [-0.3, -0.25) is 38.5 Å². The smallest absolute Gasteiger partial charge is 0.326 e. The first-order valence-corrected chi connectivity index (χ1v) is 23.5. The highest BCUT2D eigenvalue weighted by Crippen LogP contribution is 2.34. The lowest BCUT2D eigenvalue weighted by molar-refractivity contribution is -0.147. The second kappa shape index (κ2) is 26.9. The molecule has 17 heteroatoms.